The molecular formula is C18H22ClN. The normalized spacial score (nSPS) is 12.4. The van der Waals surface area contributed by atoms with Gasteiger partial charge in [-0.1, -0.05) is 47.5 Å². The summed E-state index contributed by atoms with van der Waals surface area (Å²) in [5.41, 5.74) is 5.36. The summed E-state index contributed by atoms with van der Waals surface area (Å²) in [7, 11) is 0. The molecule has 2 aromatic carbocycles. The van der Waals surface area contributed by atoms with Gasteiger partial charge < -0.3 is 5.32 Å². The molecule has 0 saturated carbocycles. The second kappa shape index (κ2) is 6.92. The van der Waals surface area contributed by atoms with E-state index in [1.807, 2.05) is 12.1 Å². The van der Waals surface area contributed by atoms with Gasteiger partial charge in [-0.05, 0) is 56.0 Å². The first-order valence-electron chi connectivity index (χ1n) is 7.08. The maximum atomic E-state index is 5.91. The Bertz CT molecular complexity index is 560. The van der Waals surface area contributed by atoms with E-state index >= 15 is 0 Å². The van der Waals surface area contributed by atoms with E-state index in [2.05, 4.69) is 56.4 Å². The molecule has 1 N–H and O–H groups in total. The minimum atomic E-state index is 0.441. The zero-order valence-corrected chi connectivity index (χ0v) is 13.2. The van der Waals surface area contributed by atoms with Gasteiger partial charge in [-0.25, -0.2) is 0 Å². The van der Waals surface area contributed by atoms with Crippen molar-refractivity contribution < 1.29 is 0 Å². The minimum absolute atomic E-state index is 0.441. The lowest BCUT2D eigenvalue weighted by Gasteiger charge is -2.15. The first-order chi connectivity index (χ1) is 9.54. The van der Waals surface area contributed by atoms with Crippen LogP contribution < -0.4 is 5.32 Å². The molecule has 0 aliphatic rings. The molecule has 106 valence electrons. The van der Waals surface area contributed by atoms with E-state index in [4.69, 9.17) is 11.6 Å². The zero-order valence-electron chi connectivity index (χ0n) is 12.4. The lowest BCUT2D eigenvalue weighted by molar-refractivity contribution is 0.544. The fraction of sp³-hybridized carbons (Fsp3) is 0.333. The molecular weight excluding hydrogens is 266 g/mol. The average molecular weight is 288 g/mol. The van der Waals surface area contributed by atoms with Gasteiger partial charge in [0, 0.05) is 17.6 Å². The van der Waals surface area contributed by atoms with Crippen molar-refractivity contribution in [2.45, 2.75) is 39.8 Å². The molecule has 2 rings (SSSR count). The fourth-order valence-corrected chi connectivity index (χ4v) is 2.45. The van der Waals surface area contributed by atoms with E-state index in [0.29, 0.717) is 6.04 Å². The van der Waals surface area contributed by atoms with Gasteiger partial charge in [-0.2, -0.15) is 0 Å². The van der Waals surface area contributed by atoms with Gasteiger partial charge in [0.2, 0.25) is 0 Å². The Morgan fingerprint density at radius 3 is 2.45 bits per heavy atom. The van der Waals surface area contributed by atoms with Crippen molar-refractivity contribution in [3.63, 3.8) is 0 Å². The Morgan fingerprint density at radius 1 is 1.05 bits per heavy atom. The molecule has 1 nitrogen and oxygen atoms in total. The van der Waals surface area contributed by atoms with E-state index in [9.17, 15) is 0 Å². The predicted molar refractivity (Wildman–Crippen MR) is 87.4 cm³/mol. The molecule has 20 heavy (non-hydrogen) atoms. The van der Waals surface area contributed by atoms with E-state index in [0.717, 1.165) is 18.0 Å². The lowest BCUT2D eigenvalue weighted by atomic mass is 10.0. The average Bonchev–Trinajstić information content (AvgIpc) is 2.42. The molecule has 0 bridgehead atoms. The van der Waals surface area contributed by atoms with Crippen LogP contribution in [0.4, 0.5) is 0 Å². The minimum Gasteiger partial charge on any atom is -0.310 e. The molecule has 0 spiro atoms. The predicted octanol–water partition coefficient (Wildman–Crippen LogP) is 4.68. The number of halogens is 1. The second-order valence-electron chi connectivity index (χ2n) is 5.54. The van der Waals surface area contributed by atoms with Crippen LogP contribution in [0.1, 0.15) is 29.2 Å². The van der Waals surface area contributed by atoms with Crippen molar-refractivity contribution in [1.29, 1.82) is 0 Å². The van der Waals surface area contributed by atoms with Crippen molar-refractivity contribution in [1.82, 2.24) is 5.32 Å². The molecule has 2 aromatic rings. The zero-order chi connectivity index (χ0) is 14.5. The van der Waals surface area contributed by atoms with E-state index < -0.39 is 0 Å². The first-order valence-corrected chi connectivity index (χ1v) is 7.46. The van der Waals surface area contributed by atoms with Gasteiger partial charge in [0.1, 0.15) is 0 Å². The highest BCUT2D eigenvalue weighted by molar-refractivity contribution is 6.30. The van der Waals surface area contributed by atoms with Crippen molar-refractivity contribution in [2.75, 3.05) is 0 Å². The number of rotatable bonds is 5. The molecule has 2 heteroatoms. The number of nitrogens with one attached hydrogen (secondary N) is 1. The van der Waals surface area contributed by atoms with E-state index in [1.54, 1.807) is 0 Å². The van der Waals surface area contributed by atoms with Crippen molar-refractivity contribution in [2.24, 2.45) is 0 Å². The number of hydrogen-bond donors (Lipinski definition) is 1. The molecule has 0 aliphatic carbocycles. The van der Waals surface area contributed by atoms with Gasteiger partial charge in [-0.15, -0.1) is 0 Å². The molecule has 1 atom stereocenters. The molecule has 0 aromatic heterocycles. The van der Waals surface area contributed by atoms with Crippen molar-refractivity contribution in [3.8, 4) is 0 Å². The molecule has 0 saturated heterocycles. The van der Waals surface area contributed by atoms with Crippen LogP contribution in [-0.2, 0) is 13.0 Å². The number of hydrogen-bond acceptors (Lipinski definition) is 1. The second-order valence-corrected chi connectivity index (χ2v) is 5.98. The maximum Gasteiger partial charge on any atom is 0.0406 e. The van der Waals surface area contributed by atoms with E-state index in [1.165, 1.54) is 22.3 Å². The number of benzene rings is 2. The Kier molecular flexibility index (Phi) is 5.22. The molecule has 0 heterocycles. The van der Waals surface area contributed by atoms with Crippen molar-refractivity contribution in [3.05, 3.63) is 69.7 Å². The summed E-state index contributed by atoms with van der Waals surface area (Å²) in [5, 5.41) is 4.39. The van der Waals surface area contributed by atoms with Crippen LogP contribution in [0.2, 0.25) is 5.02 Å². The quantitative estimate of drug-likeness (QED) is 0.842. The summed E-state index contributed by atoms with van der Waals surface area (Å²) in [4.78, 5) is 0. The highest BCUT2D eigenvalue weighted by atomic mass is 35.5. The summed E-state index contributed by atoms with van der Waals surface area (Å²) in [6, 6.07) is 15.2. The Hall–Kier alpha value is -1.31. The van der Waals surface area contributed by atoms with Gasteiger partial charge in [-0.3, -0.25) is 0 Å². The van der Waals surface area contributed by atoms with Gasteiger partial charge >= 0.3 is 0 Å². The maximum absolute atomic E-state index is 5.91. The largest absolute Gasteiger partial charge is 0.310 e. The highest BCUT2D eigenvalue weighted by Gasteiger charge is 2.05. The standard InChI is InChI=1S/C18H22ClN/c1-13-4-5-14(2)17(10-13)12-20-15(3)11-16-6-8-18(19)9-7-16/h4-10,15,20H,11-12H2,1-3H3. The van der Waals surface area contributed by atoms with Crippen LogP contribution in [0, 0.1) is 13.8 Å². The molecule has 0 aliphatic heterocycles. The molecule has 0 amide bonds. The third-order valence-electron chi connectivity index (χ3n) is 3.60. The third kappa shape index (κ3) is 4.36. The summed E-state index contributed by atoms with van der Waals surface area (Å²) in [6.45, 7) is 7.45. The summed E-state index contributed by atoms with van der Waals surface area (Å²) in [6.07, 6.45) is 1.02. The van der Waals surface area contributed by atoms with Crippen LogP contribution in [0.15, 0.2) is 42.5 Å². The first kappa shape index (κ1) is 15.1. The van der Waals surface area contributed by atoms with E-state index in [-0.39, 0.29) is 0 Å². The number of aryl methyl sites for hydroxylation is 2. The lowest BCUT2D eigenvalue weighted by Crippen LogP contribution is -2.27. The van der Waals surface area contributed by atoms with Gasteiger partial charge in [0.25, 0.3) is 0 Å². The van der Waals surface area contributed by atoms with Crippen LogP contribution in [0.5, 0.6) is 0 Å². The van der Waals surface area contributed by atoms with Crippen LogP contribution >= 0.6 is 11.6 Å². The molecule has 0 radical (unpaired) electrons. The SMILES string of the molecule is Cc1ccc(C)c(CNC(C)Cc2ccc(Cl)cc2)c1. The van der Waals surface area contributed by atoms with Crippen LogP contribution in [0.3, 0.4) is 0 Å². The Morgan fingerprint density at radius 2 is 1.75 bits per heavy atom. The van der Waals surface area contributed by atoms with Gasteiger partial charge in [0.05, 0.1) is 0 Å². The van der Waals surface area contributed by atoms with Crippen molar-refractivity contribution >= 4 is 11.6 Å². The molecule has 1 unspecified atom stereocenters. The van der Waals surface area contributed by atoms with Gasteiger partial charge in [0.15, 0.2) is 0 Å². The summed E-state index contributed by atoms with van der Waals surface area (Å²) >= 11 is 5.91. The monoisotopic (exact) mass is 287 g/mol. The van der Waals surface area contributed by atoms with Crippen LogP contribution in [-0.4, -0.2) is 6.04 Å². The van der Waals surface area contributed by atoms with Crippen LogP contribution in [0.25, 0.3) is 0 Å². The Labute approximate surface area is 127 Å². The highest BCUT2D eigenvalue weighted by Crippen LogP contribution is 2.13. The smallest absolute Gasteiger partial charge is 0.0406 e. The molecule has 0 fully saturated rings. The summed E-state index contributed by atoms with van der Waals surface area (Å²) in [5.74, 6) is 0. The Balaban J connectivity index is 1.90. The summed E-state index contributed by atoms with van der Waals surface area (Å²) < 4.78 is 0. The topological polar surface area (TPSA) is 12.0 Å². The fourth-order valence-electron chi connectivity index (χ4n) is 2.32. The third-order valence-corrected chi connectivity index (χ3v) is 3.85.